The van der Waals surface area contributed by atoms with Crippen LogP contribution in [0.2, 0.25) is 0 Å². The molecule has 2 aromatic carbocycles. The van der Waals surface area contributed by atoms with E-state index in [4.69, 9.17) is 0 Å². The van der Waals surface area contributed by atoms with E-state index in [0.29, 0.717) is 5.69 Å². The Morgan fingerprint density at radius 3 is 2.39 bits per heavy atom. The van der Waals surface area contributed by atoms with Gasteiger partial charge < -0.3 is 5.43 Å². The van der Waals surface area contributed by atoms with Crippen molar-refractivity contribution < 1.29 is 13.2 Å². The van der Waals surface area contributed by atoms with Gasteiger partial charge in [0.2, 0.25) is 0 Å². The number of nitrogens with one attached hydrogen (secondary N) is 2. The zero-order valence-corrected chi connectivity index (χ0v) is 16.7. The molecule has 0 unspecified atom stereocenters. The number of amides is 1. The molecule has 0 saturated heterocycles. The van der Waals surface area contributed by atoms with E-state index in [1.54, 1.807) is 30.3 Å². The van der Waals surface area contributed by atoms with Crippen LogP contribution in [0.5, 0.6) is 0 Å². The highest BCUT2D eigenvalue weighted by Crippen LogP contribution is 2.23. The SMILES string of the molecule is Cc1ccc(N(CC(=O)NNC2=CCCCC2)S(=O)(=O)c2ccccc2)cc1. The molecule has 2 aromatic rings. The summed E-state index contributed by atoms with van der Waals surface area (Å²) >= 11 is 0. The summed E-state index contributed by atoms with van der Waals surface area (Å²) in [5, 5.41) is 0. The highest BCUT2D eigenvalue weighted by Gasteiger charge is 2.27. The average molecular weight is 400 g/mol. The van der Waals surface area contributed by atoms with Crippen LogP contribution in [0.25, 0.3) is 0 Å². The van der Waals surface area contributed by atoms with Crippen LogP contribution in [-0.2, 0) is 14.8 Å². The van der Waals surface area contributed by atoms with Crippen LogP contribution in [-0.4, -0.2) is 20.9 Å². The molecule has 0 aromatic heterocycles. The maximum absolute atomic E-state index is 13.2. The number of sulfonamides is 1. The van der Waals surface area contributed by atoms with Crippen molar-refractivity contribution in [3.63, 3.8) is 0 Å². The molecule has 1 amide bonds. The Bertz CT molecular complexity index is 939. The summed E-state index contributed by atoms with van der Waals surface area (Å²) in [6, 6.07) is 15.2. The van der Waals surface area contributed by atoms with Crippen molar-refractivity contribution in [2.75, 3.05) is 10.8 Å². The molecule has 0 spiro atoms. The Kier molecular flexibility index (Phi) is 6.36. The normalized spacial score (nSPS) is 14.1. The van der Waals surface area contributed by atoms with E-state index in [2.05, 4.69) is 16.9 Å². The summed E-state index contributed by atoms with van der Waals surface area (Å²) in [6.45, 7) is 1.61. The Morgan fingerprint density at radius 2 is 1.75 bits per heavy atom. The van der Waals surface area contributed by atoms with E-state index in [-0.39, 0.29) is 11.4 Å². The second-order valence-electron chi connectivity index (χ2n) is 6.81. The van der Waals surface area contributed by atoms with Crippen molar-refractivity contribution in [3.8, 4) is 0 Å². The smallest absolute Gasteiger partial charge is 0.264 e. The first-order chi connectivity index (χ1) is 13.5. The summed E-state index contributed by atoms with van der Waals surface area (Å²) in [5.74, 6) is -0.424. The van der Waals surface area contributed by atoms with Gasteiger partial charge >= 0.3 is 0 Å². The Hall–Kier alpha value is -2.80. The second kappa shape index (κ2) is 8.93. The fourth-order valence-electron chi connectivity index (χ4n) is 3.02. The molecule has 0 heterocycles. The van der Waals surface area contributed by atoms with Gasteiger partial charge in [0, 0.05) is 5.70 Å². The van der Waals surface area contributed by atoms with Crippen molar-refractivity contribution in [3.05, 3.63) is 71.9 Å². The predicted octanol–water partition coefficient (Wildman–Crippen LogP) is 3.27. The third-order valence-corrected chi connectivity index (χ3v) is 6.38. The third-order valence-electron chi connectivity index (χ3n) is 4.59. The molecule has 1 aliphatic carbocycles. The Morgan fingerprint density at radius 1 is 1.04 bits per heavy atom. The van der Waals surface area contributed by atoms with Gasteiger partial charge in [0.05, 0.1) is 10.6 Å². The fraction of sp³-hybridized carbons (Fsp3) is 0.286. The lowest BCUT2D eigenvalue weighted by atomic mass is 10.1. The first kappa shape index (κ1) is 19.9. The standard InChI is InChI=1S/C21H25N3O3S/c1-17-12-14-19(15-13-17)24(28(26,27)20-10-6-3-7-11-20)16-21(25)23-22-18-8-4-2-5-9-18/h3,6-8,10-15,22H,2,4-5,9,16H2,1H3,(H,23,25). The van der Waals surface area contributed by atoms with Crippen LogP contribution >= 0.6 is 0 Å². The molecular weight excluding hydrogens is 374 g/mol. The van der Waals surface area contributed by atoms with Gasteiger partial charge in [-0.1, -0.05) is 42.0 Å². The molecule has 28 heavy (non-hydrogen) atoms. The van der Waals surface area contributed by atoms with E-state index in [0.717, 1.165) is 41.2 Å². The van der Waals surface area contributed by atoms with Gasteiger partial charge in [-0.15, -0.1) is 0 Å². The molecule has 0 fully saturated rings. The molecule has 148 valence electrons. The van der Waals surface area contributed by atoms with Crippen molar-refractivity contribution in [2.24, 2.45) is 0 Å². The van der Waals surface area contributed by atoms with Crippen molar-refractivity contribution >= 4 is 21.6 Å². The molecule has 0 aliphatic heterocycles. The largest absolute Gasteiger partial charge is 0.303 e. The summed E-state index contributed by atoms with van der Waals surface area (Å²) in [4.78, 5) is 12.7. The molecule has 1 aliphatic rings. The van der Waals surface area contributed by atoms with E-state index in [1.165, 1.54) is 12.1 Å². The third kappa shape index (κ3) is 4.92. The van der Waals surface area contributed by atoms with Gasteiger partial charge in [-0.2, -0.15) is 0 Å². The second-order valence-corrected chi connectivity index (χ2v) is 8.67. The van der Waals surface area contributed by atoms with Crippen LogP contribution in [0.4, 0.5) is 5.69 Å². The van der Waals surface area contributed by atoms with Crippen LogP contribution in [0, 0.1) is 6.92 Å². The van der Waals surface area contributed by atoms with Gasteiger partial charge in [0.25, 0.3) is 15.9 Å². The quantitative estimate of drug-likeness (QED) is 0.701. The first-order valence-corrected chi connectivity index (χ1v) is 10.8. The highest BCUT2D eigenvalue weighted by molar-refractivity contribution is 7.92. The first-order valence-electron chi connectivity index (χ1n) is 9.35. The summed E-state index contributed by atoms with van der Waals surface area (Å²) in [7, 11) is -3.88. The maximum atomic E-state index is 13.2. The summed E-state index contributed by atoms with van der Waals surface area (Å²) in [5.41, 5.74) is 7.96. The minimum absolute atomic E-state index is 0.145. The van der Waals surface area contributed by atoms with Crippen LogP contribution in [0.3, 0.4) is 0 Å². The Labute approximate surface area is 166 Å². The maximum Gasteiger partial charge on any atom is 0.264 e. The fourth-order valence-corrected chi connectivity index (χ4v) is 4.46. The zero-order chi connectivity index (χ0) is 20.0. The molecular formula is C21H25N3O3S. The number of hydrogen-bond donors (Lipinski definition) is 2. The number of hydrazine groups is 1. The van der Waals surface area contributed by atoms with Gasteiger partial charge in [-0.3, -0.25) is 14.5 Å². The van der Waals surface area contributed by atoms with Gasteiger partial charge in [-0.05, 0) is 56.9 Å². The predicted molar refractivity (Wildman–Crippen MR) is 110 cm³/mol. The lowest BCUT2D eigenvalue weighted by Crippen LogP contribution is -2.45. The van der Waals surface area contributed by atoms with E-state index in [9.17, 15) is 13.2 Å². The monoisotopic (exact) mass is 399 g/mol. The van der Waals surface area contributed by atoms with Crippen LogP contribution in [0.15, 0.2) is 71.3 Å². The molecule has 0 atom stereocenters. The minimum Gasteiger partial charge on any atom is -0.303 e. The van der Waals surface area contributed by atoms with E-state index >= 15 is 0 Å². The summed E-state index contributed by atoms with van der Waals surface area (Å²) < 4.78 is 27.5. The molecule has 3 rings (SSSR count). The topological polar surface area (TPSA) is 78.5 Å². The van der Waals surface area contributed by atoms with Crippen molar-refractivity contribution in [1.29, 1.82) is 0 Å². The van der Waals surface area contributed by atoms with E-state index in [1.807, 2.05) is 19.1 Å². The summed E-state index contributed by atoms with van der Waals surface area (Å²) in [6.07, 6.45) is 6.14. The lowest BCUT2D eigenvalue weighted by Gasteiger charge is -2.25. The van der Waals surface area contributed by atoms with Crippen LogP contribution in [0.1, 0.15) is 31.2 Å². The molecule has 6 nitrogen and oxygen atoms in total. The zero-order valence-electron chi connectivity index (χ0n) is 15.9. The molecule has 0 bridgehead atoms. The highest BCUT2D eigenvalue weighted by atomic mass is 32.2. The van der Waals surface area contributed by atoms with Gasteiger partial charge in [-0.25, -0.2) is 8.42 Å². The number of rotatable bonds is 7. The number of aryl methyl sites for hydroxylation is 1. The van der Waals surface area contributed by atoms with Gasteiger partial charge in [0.15, 0.2) is 0 Å². The molecule has 0 radical (unpaired) electrons. The number of anilines is 1. The molecule has 7 heteroatoms. The molecule has 2 N–H and O–H groups in total. The minimum atomic E-state index is -3.88. The number of nitrogens with zero attached hydrogens (tertiary/aromatic N) is 1. The van der Waals surface area contributed by atoms with E-state index < -0.39 is 15.9 Å². The van der Waals surface area contributed by atoms with Crippen molar-refractivity contribution in [2.45, 2.75) is 37.5 Å². The van der Waals surface area contributed by atoms with Crippen molar-refractivity contribution in [1.82, 2.24) is 10.9 Å². The number of allylic oxidation sites excluding steroid dienone is 2. The number of benzene rings is 2. The lowest BCUT2D eigenvalue weighted by molar-refractivity contribution is -0.120. The number of carbonyl (C=O) groups is 1. The number of carbonyl (C=O) groups excluding carboxylic acids is 1. The van der Waals surface area contributed by atoms with Gasteiger partial charge in [0.1, 0.15) is 6.54 Å². The van der Waals surface area contributed by atoms with Crippen LogP contribution < -0.4 is 15.2 Å². The average Bonchev–Trinajstić information content (AvgIpc) is 2.72. The number of hydrogen-bond acceptors (Lipinski definition) is 4. The Balaban J connectivity index is 1.81. The molecule has 0 saturated carbocycles.